The van der Waals surface area contributed by atoms with Gasteiger partial charge >= 0.3 is 49.4 Å². The van der Waals surface area contributed by atoms with E-state index in [2.05, 4.69) is 10.6 Å². The molecule has 3 rings (SSSR count). The molecule has 0 aromatic rings. The predicted molar refractivity (Wildman–Crippen MR) is 146 cm³/mol. The molecular formula is C23H30EuN5O14. The topological polar surface area (TPSA) is 295 Å². The number of aliphatic hydroxyl groups is 1. The molecule has 20 heteroatoms. The summed E-state index contributed by atoms with van der Waals surface area (Å²) in [4.78, 5) is 49.3. The zero-order valence-corrected chi connectivity index (χ0v) is 25.5. The Morgan fingerprint density at radius 3 is 1.26 bits per heavy atom. The van der Waals surface area contributed by atoms with E-state index in [-0.39, 0.29) is 73.0 Å². The molecule has 2 atom stereocenters. The van der Waals surface area contributed by atoms with Crippen LogP contribution in [0.3, 0.4) is 0 Å². The molecule has 3 aliphatic carbocycles. The summed E-state index contributed by atoms with van der Waals surface area (Å²) >= 11 is 0. The molecule has 0 radical (unpaired) electrons. The van der Waals surface area contributed by atoms with E-state index in [1.54, 1.807) is 48.9 Å². The van der Waals surface area contributed by atoms with Crippen LogP contribution >= 0.6 is 0 Å². The standard InChI is InChI=1S/C22H26N2O4.CH4O.Eu.3NO3/c1-27-19-11-5-7-15(21(19)25)13-23-17-9-3-4-10-18(17)24-14-16-8-6-12-20(28-2)22(16)26;1-2;;3*2-1(3)4/h5-8,11-14,17-18,23-24H,3-4,9-10H2,1-2H3;2H,1H3;;;;/q;;+3;3*-1/b15-13-,16-14-;;;;;/t17-,18+;;;;;. The number of rotatable bonds is 6. The number of carbonyl (C=O) groups excluding carboxylic acids is 2. The van der Waals surface area contributed by atoms with Crippen LogP contribution in [0.25, 0.3) is 0 Å². The molecule has 3 N–H and O–H groups in total. The molecule has 0 amide bonds. The second-order valence-corrected chi connectivity index (χ2v) is 7.55. The van der Waals surface area contributed by atoms with Crippen LogP contribution in [-0.4, -0.2) is 65.3 Å². The fourth-order valence-electron chi connectivity index (χ4n) is 3.54. The van der Waals surface area contributed by atoms with Gasteiger partial charge in [-0.2, -0.15) is 0 Å². The molecule has 0 bridgehead atoms. The van der Waals surface area contributed by atoms with Crippen molar-refractivity contribution in [2.24, 2.45) is 0 Å². The van der Waals surface area contributed by atoms with Gasteiger partial charge in [-0.05, 0) is 37.1 Å². The number of Topliss-reactive ketones (excluding diaryl/α,β-unsaturated/α-hetero) is 2. The molecule has 0 spiro atoms. The van der Waals surface area contributed by atoms with Crippen molar-refractivity contribution in [3.63, 3.8) is 0 Å². The summed E-state index contributed by atoms with van der Waals surface area (Å²) in [6.45, 7) is 0. The van der Waals surface area contributed by atoms with Gasteiger partial charge in [-0.25, -0.2) is 0 Å². The minimum Gasteiger partial charge on any atom is -0.493 e. The Labute approximate surface area is 285 Å². The van der Waals surface area contributed by atoms with E-state index < -0.39 is 15.3 Å². The van der Waals surface area contributed by atoms with Crippen LogP contribution in [-0.2, 0) is 19.1 Å². The van der Waals surface area contributed by atoms with Gasteiger partial charge < -0.3 is 71.2 Å². The number of allylic oxidation sites excluding steroid dienone is 8. The van der Waals surface area contributed by atoms with Crippen LogP contribution < -0.4 is 10.6 Å². The van der Waals surface area contributed by atoms with Gasteiger partial charge in [-0.15, -0.1) is 0 Å². The van der Waals surface area contributed by atoms with Crippen molar-refractivity contribution >= 4 is 11.6 Å². The Bertz CT molecular complexity index is 1010. The average Bonchev–Trinajstić information content (AvgIpc) is 2.92. The van der Waals surface area contributed by atoms with Crippen molar-refractivity contribution in [3.8, 4) is 0 Å². The summed E-state index contributed by atoms with van der Waals surface area (Å²) in [6.07, 6.45) is 18.2. The number of hydrogen-bond donors (Lipinski definition) is 3. The number of aliphatic hydroxyl groups excluding tert-OH is 1. The van der Waals surface area contributed by atoms with Gasteiger partial charge in [0.25, 0.3) is 0 Å². The molecular weight excluding hydrogens is 722 g/mol. The van der Waals surface area contributed by atoms with E-state index >= 15 is 0 Å². The van der Waals surface area contributed by atoms with Crippen LogP contribution in [0.4, 0.5) is 0 Å². The number of hydrogen-bond acceptors (Lipinski definition) is 16. The van der Waals surface area contributed by atoms with E-state index in [0.717, 1.165) is 32.8 Å². The van der Waals surface area contributed by atoms with Crippen molar-refractivity contribution in [2.75, 3.05) is 21.3 Å². The summed E-state index contributed by atoms with van der Waals surface area (Å²) in [5, 5.41) is 58.0. The van der Waals surface area contributed by atoms with Gasteiger partial charge in [0.05, 0.1) is 29.5 Å². The first-order chi connectivity index (χ1) is 19.8. The quantitative estimate of drug-likeness (QED) is 0.197. The first-order valence-electron chi connectivity index (χ1n) is 11.6. The molecule has 1 fully saturated rings. The third kappa shape index (κ3) is 20.6. The number of carbonyl (C=O) groups is 2. The molecule has 1 saturated carbocycles. The van der Waals surface area contributed by atoms with E-state index in [4.69, 9.17) is 60.5 Å². The molecule has 0 unspecified atom stereocenters. The Kier molecular flexibility index (Phi) is 26.2. The van der Waals surface area contributed by atoms with Gasteiger partial charge in [0.15, 0.2) is 11.5 Å². The largest absolute Gasteiger partial charge is 3.00 e. The summed E-state index contributed by atoms with van der Waals surface area (Å²) in [7, 11) is 3.99. The third-order valence-corrected chi connectivity index (χ3v) is 5.13. The third-order valence-electron chi connectivity index (χ3n) is 5.13. The molecule has 3 aliphatic rings. The maximum atomic E-state index is 12.3. The van der Waals surface area contributed by atoms with Gasteiger partial charge in [0.1, 0.15) is 0 Å². The summed E-state index contributed by atoms with van der Waals surface area (Å²) in [6, 6.07) is 0.327. The second-order valence-electron chi connectivity index (χ2n) is 7.55. The van der Waals surface area contributed by atoms with E-state index in [1.807, 2.05) is 0 Å². The van der Waals surface area contributed by atoms with Crippen molar-refractivity contribution in [2.45, 2.75) is 37.8 Å². The van der Waals surface area contributed by atoms with Gasteiger partial charge in [-0.1, -0.05) is 25.0 Å². The SMILES string of the molecule is CO.COC1=CC=C/C(=C/N[C@H]2CCCC[C@H]2N/C=C2/C=CC=C(OC)C2=O)C1=O.O=[N+]([O-])[O-].O=[N+]([O-])[O-].O=[N+]([O-])[O-].[Eu+3]. The van der Waals surface area contributed by atoms with Crippen LogP contribution in [0.1, 0.15) is 25.7 Å². The first kappa shape index (κ1) is 43.6. The predicted octanol–water partition coefficient (Wildman–Crippen LogP) is 1.47. The molecule has 43 heavy (non-hydrogen) atoms. The van der Waals surface area contributed by atoms with Crippen LogP contribution in [0, 0.1) is 95.3 Å². The van der Waals surface area contributed by atoms with E-state index in [0.29, 0.717) is 22.7 Å². The number of ether oxygens (including phenoxy) is 2. The van der Waals surface area contributed by atoms with Crippen molar-refractivity contribution in [3.05, 3.63) is 117 Å². The van der Waals surface area contributed by atoms with Gasteiger partial charge in [0.2, 0.25) is 11.6 Å². The molecule has 0 aromatic heterocycles. The minimum atomic E-state index is -1.75. The molecule has 19 nitrogen and oxygen atoms in total. The Morgan fingerprint density at radius 2 is 1.00 bits per heavy atom. The maximum Gasteiger partial charge on any atom is 3.00 e. The minimum absolute atomic E-state index is 0. The van der Waals surface area contributed by atoms with E-state index in [1.165, 1.54) is 14.2 Å². The molecule has 0 heterocycles. The normalized spacial score (nSPS) is 19.7. The fourth-order valence-corrected chi connectivity index (χ4v) is 3.54. The summed E-state index contributed by atoms with van der Waals surface area (Å²) in [5.74, 6) is 0.417. The number of ketones is 2. The molecule has 238 valence electrons. The molecule has 0 aliphatic heterocycles. The zero-order valence-electron chi connectivity index (χ0n) is 23.1. The van der Waals surface area contributed by atoms with Gasteiger partial charge in [0, 0.05) is 42.7 Å². The Hall–Kier alpha value is -3.88. The molecule has 0 aromatic carbocycles. The van der Waals surface area contributed by atoms with Crippen LogP contribution in [0.5, 0.6) is 0 Å². The Morgan fingerprint density at radius 1 is 0.721 bits per heavy atom. The van der Waals surface area contributed by atoms with Crippen molar-refractivity contribution < 1.29 is 88.8 Å². The number of nitrogens with zero attached hydrogens (tertiary/aromatic N) is 3. The maximum absolute atomic E-state index is 12.3. The molecule has 0 saturated heterocycles. The smallest absolute Gasteiger partial charge is 0.493 e. The van der Waals surface area contributed by atoms with Crippen LogP contribution in [0.15, 0.2) is 71.5 Å². The average molecular weight is 752 g/mol. The summed E-state index contributed by atoms with van der Waals surface area (Å²) < 4.78 is 10.2. The zero-order chi connectivity index (χ0) is 32.7. The van der Waals surface area contributed by atoms with Crippen molar-refractivity contribution in [1.29, 1.82) is 0 Å². The van der Waals surface area contributed by atoms with Crippen LogP contribution in [0.2, 0.25) is 0 Å². The number of nitrogens with one attached hydrogen (secondary N) is 2. The monoisotopic (exact) mass is 753 g/mol. The van der Waals surface area contributed by atoms with Crippen molar-refractivity contribution in [1.82, 2.24) is 10.6 Å². The van der Waals surface area contributed by atoms with E-state index in [9.17, 15) is 9.59 Å². The Balaban J connectivity index is -0.000000902. The second kappa shape index (κ2) is 25.8. The fraction of sp³-hybridized carbons (Fsp3) is 0.391. The summed E-state index contributed by atoms with van der Waals surface area (Å²) in [5.41, 5.74) is 1.14. The number of methoxy groups -OCH3 is 2. The first-order valence-corrected chi connectivity index (χ1v) is 11.6. The van der Waals surface area contributed by atoms with Gasteiger partial charge in [-0.3, -0.25) is 9.59 Å².